The highest BCUT2D eigenvalue weighted by Gasteiger charge is 2.06. The van der Waals surface area contributed by atoms with E-state index >= 15 is 0 Å². The van der Waals surface area contributed by atoms with Crippen molar-refractivity contribution in [2.45, 2.75) is 19.8 Å². The summed E-state index contributed by atoms with van der Waals surface area (Å²) in [4.78, 5) is 11.4. The monoisotopic (exact) mass is 244 g/mol. The molecule has 0 bridgehead atoms. The fraction of sp³-hybridized carbons (Fsp3) is 0.417. The van der Waals surface area contributed by atoms with Crippen molar-refractivity contribution in [2.24, 2.45) is 0 Å². The van der Waals surface area contributed by atoms with E-state index in [-0.39, 0.29) is 12.2 Å². The van der Waals surface area contributed by atoms with Gasteiger partial charge in [0.2, 0.25) is 0 Å². The Bertz CT molecular complexity index is 346. The van der Waals surface area contributed by atoms with Crippen LogP contribution in [0, 0.1) is 11.6 Å². The molecule has 4 heteroatoms. The maximum atomic E-state index is 12.8. The van der Waals surface area contributed by atoms with Crippen molar-refractivity contribution in [3.05, 3.63) is 35.4 Å². The van der Waals surface area contributed by atoms with Gasteiger partial charge in [0.25, 0.3) is 0 Å². The molecule has 0 unspecified atom stereocenters. The van der Waals surface area contributed by atoms with Crippen LogP contribution in [-0.2, 0) is 11.2 Å². The Balaban J connectivity index is 2.49. The summed E-state index contributed by atoms with van der Waals surface area (Å²) in [7, 11) is 0. The largest absolute Gasteiger partial charge is 0.298 e. The van der Waals surface area contributed by atoms with Crippen LogP contribution in [0.25, 0.3) is 0 Å². The number of hydrogen-bond acceptors (Lipinski definition) is 2. The standard InChI is InChI=1S/C12H14F2OS/c1-2-3-16-8-12(15)6-9-4-10(13)7-11(14)5-9/h4-5,7H,2-3,6,8H2,1H3. The molecule has 16 heavy (non-hydrogen) atoms. The zero-order chi connectivity index (χ0) is 12.0. The molecule has 1 nitrogen and oxygen atoms in total. The van der Waals surface area contributed by atoms with E-state index < -0.39 is 11.6 Å². The highest BCUT2D eigenvalue weighted by molar-refractivity contribution is 7.99. The van der Waals surface area contributed by atoms with Gasteiger partial charge in [-0.15, -0.1) is 0 Å². The number of carbonyl (C=O) groups is 1. The first-order chi connectivity index (χ1) is 7.61. The Morgan fingerprint density at radius 2 is 1.88 bits per heavy atom. The van der Waals surface area contributed by atoms with E-state index in [0.717, 1.165) is 18.2 Å². The third-order valence-electron chi connectivity index (χ3n) is 1.94. The predicted molar refractivity (Wildman–Crippen MR) is 62.7 cm³/mol. The van der Waals surface area contributed by atoms with Crippen molar-refractivity contribution < 1.29 is 13.6 Å². The van der Waals surface area contributed by atoms with Gasteiger partial charge in [-0.2, -0.15) is 11.8 Å². The Morgan fingerprint density at radius 1 is 1.25 bits per heavy atom. The maximum Gasteiger partial charge on any atom is 0.147 e. The third kappa shape index (κ3) is 4.75. The third-order valence-corrected chi connectivity index (χ3v) is 3.16. The molecule has 0 saturated carbocycles. The minimum Gasteiger partial charge on any atom is -0.298 e. The molecule has 0 fully saturated rings. The van der Waals surface area contributed by atoms with Crippen molar-refractivity contribution in [1.82, 2.24) is 0 Å². The lowest BCUT2D eigenvalue weighted by atomic mass is 10.1. The van der Waals surface area contributed by atoms with Gasteiger partial charge in [0.05, 0.1) is 5.75 Å². The van der Waals surface area contributed by atoms with Crippen molar-refractivity contribution >= 4 is 17.5 Å². The lowest BCUT2D eigenvalue weighted by Gasteiger charge is -2.02. The number of carbonyl (C=O) groups excluding carboxylic acids is 1. The first-order valence-corrected chi connectivity index (χ1v) is 6.31. The molecule has 0 aliphatic heterocycles. The van der Waals surface area contributed by atoms with E-state index in [1.165, 1.54) is 12.1 Å². The van der Waals surface area contributed by atoms with Gasteiger partial charge in [0, 0.05) is 12.5 Å². The maximum absolute atomic E-state index is 12.8. The lowest BCUT2D eigenvalue weighted by molar-refractivity contribution is -0.116. The van der Waals surface area contributed by atoms with Gasteiger partial charge in [-0.3, -0.25) is 4.79 Å². The topological polar surface area (TPSA) is 17.1 Å². The molecule has 0 atom stereocenters. The molecule has 1 aromatic rings. The summed E-state index contributed by atoms with van der Waals surface area (Å²) < 4.78 is 25.7. The summed E-state index contributed by atoms with van der Waals surface area (Å²) in [5.41, 5.74) is 0.402. The van der Waals surface area contributed by atoms with Gasteiger partial charge >= 0.3 is 0 Å². The Morgan fingerprint density at radius 3 is 2.44 bits per heavy atom. The molecule has 0 spiro atoms. The molecule has 0 radical (unpaired) electrons. The summed E-state index contributed by atoms with van der Waals surface area (Å²) in [6.45, 7) is 2.04. The van der Waals surface area contributed by atoms with Crippen LogP contribution >= 0.6 is 11.8 Å². The zero-order valence-corrected chi connectivity index (χ0v) is 9.95. The van der Waals surface area contributed by atoms with Crippen LogP contribution in [0.15, 0.2) is 18.2 Å². The van der Waals surface area contributed by atoms with Crippen LogP contribution in [0.3, 0.4) is 0 Å². The number of hydrogen-bond donors (Lipinski definition) is 0. The van der Waals surface area contributed by atoms with E-state index in [1.54, 1.807) is 11.8 Å². The van der Waals surface area contributed by atoms with Gasteiger partial charge in [0.15, 0.2) is 0 Å². The highest BCUT2D eigenvalue weighted by atomic mass is 32.2. The highest BCUT2D eigenvalue weighted by Crippen LogP contribution is 2.10. The van der Waals surface area contributed by atoms with Crippen LogP contribution < -0.4 is 0 Å². The van der Waals surface area contributed by atoms with Crippen LogP contribution in [0.5, 0.6) is 0 Å². The fourth-order valence-corrected chi connectivity index (χ4v) is 2.08. The summed E-state index contributed by atoms with van der Waals surface area (Å²) in [6.07, 6.45) is 1.12. The van der Waals surface area contributed by atoms with Gasteiger partial charge in [-0.25, -0.2) is 8.78 Å². The van der Waals surface area contributed by atoms with Crippen molar-refractivity contribution in [2.75, 3.05) is 11.5 Å². The Kier molecular flexibility index (Phi) is 5.46. The van der Waals surface area contributed by atoms with E-state index in [9.17, 15) is 13.6 Å². The summed E-state index contributed by atoms with van der Waals surface area (Å²) in [5.74, 6) is 0.0753. The minimum absolute atomic E-state index is 0.00319. The van der Waals surface area contributed by atoms with E-state index in [0.29, 0.717) is 11.3 Å². The SMILES string of the molecule is CCCSCC(=O)Cc1cc(F)cc(F)c1. The van der Waals surface area contributed by atoms with E-state index in [2.05, 4.69) is 0 Å². The van der Waals surface area contributed by atoms with Crippen LogP contribution in [0.1, 0.15) is 18.9 Å². The quantitative estimate of drug-likeness (QED) is 0.715. The average Bonchev–Trinajstić information content (AvgIpc) is 2.16. The predicted octanol–water partition coefficient (Wildman–Crippen LogP) is 3.22. The van der Waals surface area contributed by atoms with Crippen molar-refractivity contribution in [1.29, 1.82) is 0 Å². The second-order valence-electron chi connectivity index (χ2n) is 3.55. The molecular weight excluding hydrogens is 230 g/mol. The molecule has 0 aromatic heterocycles. The van der Waals surface area contributed by atoms with Gasteiger partial charge in [-0.05, 0) is 29.9 Å². The molecule has 88 valence electrons. The molecule has 0 aliphatic rings. The molecule has 0 saturated heterocycles. The van der Waals surface area contributed by atoms with Crippen LogP contribution in [0.2, 0.25) is 0 Å². The number of Topliss-reactive ketones (excluding diaryl/α,β-unsaturated/α-hetero) is 1. The number of rotatable bonds is 6. The Hall–Kier alpha value is -0.900. The zero-order valence-electron chi connectivity index (χ0n) is 9.13. The van der Waals surface area contributed by atoms with Crippen LogP contribution in [-0.4, -0.2) is 17.3 Å². The second kappa shape index (κ2) is 6.63. The first-order valence-electron chi connectivity index (χ1n) is 5.16. The molecule has 0 aliphatic carbocycles. The smallest absolute Gasteiger partial charge is 0.147 e. The number of ketones is 1. The summed E-state index contributed by atoms with van der Waals surface area (Å²) >= 11 is 1.55. The fourth-order valence-electron chi connectivity index (χ4n) is 1.32. The molecule has 1 rings (SSSR count). The van der Waals surface area contributed by atoms with E-state index in [1.807, 2.05) is 6.92 Å². The molecule has 0 heterocycles. The summed E-state index contributed by atoms with van der Waals surface area (Å²) in [6, 6.07) is 3.21. The number of halogens is 2. The summed E-state index contributed by atoms with van der Waals surface area (Å²) in [5, 5.41) is 0. The Labute approximate surface area is 98.2 Å². The first kappa shape index (κ1) is 13.2. The van der Waals surface area contributed by atoms with Crippen molar-refractivity contribution in [3.63, 3.8) is 0 Å². The number of benzene rings is 1. The molecule has 0 N–H and O–H groups in total. The number of thioether (sulfide) groups is 1. The van der Waals surface area contributed by atoms with Crippen molar-refractivity contribution in [3.8, 4) is 0 Å². The molecular formula is C12H14F2OS. The molecule has 0 amide bonds. The van der Waals surface area contributed by atoms with Gasteiger partial charge < -0.3 is 0 Å². The second-order valence-corrected chi connectivity index (χ2v) is 4.65. The normalized spacial score (nSPS) is 10.4. The van der Waals surface area contributed by atoms with E-state index in [4.69, 9.17) is 0 Å². The minimum atomic E-state index is -0.635. The average molecular weight is 244 g/mol. The van der Waals surface area contributed by atoms with Gasteiger partial charge in [-0.1, -0.05) is 6.92 Å². The lowest BCUT2D eigenvalue weighted by Crippen LogP contribution is -2.06. The van der Waals surface area contributed by atoms with Gasteiger partial charge in [0.1, 0.15) is 17.4 Å². The molecule has 1 aromatic carbocycles. The van der Waals surface area contributed by atoms with Crippen LogP contribution in [0.4, 0.5) is 8.78 Å².